The summed E-state index contributed by atoms with van der Waals surface area (Å²) in [5.41, 5.74) is 0. The van der Waals surface area contributed by atoms with Crippen LogP contribution in [-0.4, -0.2) is 22.2 Å². The van der Waals surface area contributed by atoms with E-state index in [2.05, 4.69) is 13.5 Å². The van der Waals surface area contributed by atoms with E-state index in [1.54, 1.807) is 0 Å². The minimum Gasteiger partial charge on any atom is -0.481 e. The zero-order chi connectivity index (χ0) is 15.6. The van der Waals surface area contributed by atoms with Crippen LogP contribution in [0.25, 0.3) is 0 Å². The van der Waals surface area contributed by atoms with Gasteiger partial charge in [-0.05, 0) is 12.8 Å². The van der Waals surface area contributed by atoms with Crippen molar-refractivity contribution < 1.29 is 19.8 Å². The van der Waals surface area contributed by atoms with Gasteiger partial charge in [-0.2, -0.15) is 0 Å². The molecule has 0 saturated heterocycles. The maximum atomic E-state index is 9.64. The minimum absolute atomic E-state index is 0.296. The van der Waals surface area contributed by atoms with Gasteiger partial charge in [-0.25, -0.2) is 0 Å². The van der Waals surface area contributed by atoms with E-state index < -0.39 is 11.9 Å². The van der Waals surface area contributed by atoms with E-state index in [4.69, 9.17) is 10.2 Å². The van der Waals surface area contributed by atoms with Crippen molar-refractivity contribution in [3.8, 4) is 0 Å². The van der Waals surface area contributed by atoms with E-state index in [0.29, 0.717) is 0 Å². The molecule has 4 heteroatoms. The molecule has 0 aliphatic carbocycles. The van der Waals surface area contributed by atoms with Crippen molar-refractivity contribution in [3.63, 3.8) is 0 Å². The summed E-state index contributed by atoms with van der Waals surface area (Å²) in [6.07, 6.45) is 13.9. The third-order valence-electron chi connectivity index (χ3n) is 2.81. The predicted octanol–water partition coefficient (Wildman–Crippen LogP) is 4.64. The summed E-state index contributed by atoms with van der Waals surface area (Å²) >= 11 is 0. The van der Waals surface area contributed by atoms with Crippen molar-refractivity contribution in [2.75, 3.05) is 0 Å². The van der Waals surface area contributed by atoms with Gasteiger partial charge in [-0.3, -0.25) is 9.59 Å². The molecule has 2 N–H and O–H groups in total. The molecule has 0 aromatic carbocycles. The Morgan fingerprint density at radius 1 is 0.850 bits per heavy atom. The van der Waals surface area contributed by atoms with E-state index in [-0.39, 0.29) is 12.8 Å². The molecule has 0 bridgehead atoms. The third-order valence-corrected chi connectivity index (χ3v) is 2.81. The summed E-state index contributed by atoms with van der Waals surface area (Å²) in [4.78, 5) is 19.3. The van der Waals surface area contributed by atoms with E-state index >= 15 is 0 Å². The van der Waals surface area contributed by atoms with Crippen LogP contribution < -0.4 is 0 Å². The van der Waals surface area contributed by atoms with Crippen LogP contribution in [0.1, 0.15) is 77.6 Å². The number of hydrogen-bond donors (Lipinski definition) is 2. The fraction of sp³-hybridized carbons (Fsp3) is 0.750. The first kappa shape index (κ1) is 21.0. The molecule has 0 heterocycles. The second-order valence-electron chi connectivity index (χ2n) is 4.84. The first-order valence-electron chi connectivity index (χ1n) is 7.59. The lowest BCUT2D eigenvalue weighted by atomic mass is 10.1. The lowest BCUT2D eigenvalue weighted by molar-refractivity contribution is -0.143. The molecular weight excluding hydrogens is 256 g/mol. The Morgan fingerprint density at radius 3 is 1.60 bits per heavy atom. The fourth-order valence-electron chi connectivity index (χ4n) is 1.64. The normalized spacial score (nSPS) is 9.45. The van der Waals surface area contributed by atoms with Gasteiger partial charge in [0.05, 0.1) is 12.8 Å². The number of carboxylic acid groups (broad SMARTS) is 2. The second-order valence-corrected chi connectivity index (χ2v) is 4.84. The van der Waals surface area contributed by atoms with Crippen LogP contribution in [0, 0.1) is 0 Å². The molecule has 0 spiro atoms. The third kappa shape index (κ3) is 25.5. The maximum Gasteiger partial charge on any atom is 0.303 e. The van der Waals surface area contributed by atoms with Crippen molar-refractivity contribution in [2.24, 2.45) is 0 Å². The summed E-state index contributed by atoms with van der Waals surface area (Å²) in [6.45, 7) is 5.99. The Morgan fingerprint density at radius 2 is 1.25 bits per heavy atom. The average molecular weight is 286 g/mol. The lowest BCUT2D eigenvalue weighted by Gasteiger charge is -1.99. The van der Waals surface area contributed by atoms with Gasteiger partial charge in [-0.1, -0.05) is 57.9 Å². The first-order chi connectivity index (χ1) is 9.54. The molecule has 0 aromatic heterocycles. The van der Waals surface area contributed by atoms with Gasteiger partial charge < -0.3 is 10.2 Å². The quantitative estimate of drug-likeness (QED) is 0.405. The molecule has 0 amide bonds. The summed E-state index contributed by atoms with van der Waals surface area (Å²) in [7, 11) is 0. The molecule has 0 aliphatic rings. The van der Waals surface area contributed by atoms with Crippen molar-refractivity contribution in [1.82, 2.24) is 0 Å². The number of aliphatic carboxylic acids is 2. The zero-order valence-corrected chi connectivity index (χ0v) is 12.8. The van der Waals surface area contributed by atoms with Crippen LogP contribution in [-0.2, 0) is 9.59 Å². The van der Waals surface area contributed by atoms with Crippen LogP contribution in [0.3, 0.4) is 0 Å². The van der Waals surface area contributed by atoms with E-state index in [1.807, 2.05) is 6.08 Å². The number of unbranched alkanes of at least 4 members (excludes halogenated alkanes) is 8. The van der Waals surface area contributed by atoms with E-state index in [9.17, 15) is 9.59 Å². The molecule has 0 aliphatic heterocycles. The molecular formula is C16H30O4. The SMILES string of the molecule is C=CCCCCCCCCCC.O=C(O)CCC(=O)O. The average Bonchev–Trinajstić information content (AvgIpc) is 2.40. The molecule has 0 radical (unpaired) electrons. The van der Waals surface area contributed by atoms with Crippen molar-refractivity contribution in [1.29, 1.82) is 0 Å². The van der Waals surface area contributed by atoms with Gasteiger partial charge >= 0.3 is 11.9 Å². The molecule has 0 rings (SSSR count). The predicted molar refractivity (Wildman–Crippen MR) is 81.9 cm³/mol. The van der Waals surface area contributed by atoms with Crippen LogP contribution in [0.5, 0.6) is 0 Å². The number of rotatable bonds is 12. The number of carbonyl (C=O) groups is 2. The smallest absolute Gasteiger partial charge is 0.303 e. The topological polar surface area (TPSA) is 74.6 Å². The highest BCUT2D eigenvalue weighted by Crippen LogP contribution is 2.09. The Bertz CT molecular complexity index is 235. The van der Waals surface area contributed by atoms with E-state index in [0.717, 1.165) is 0 Å². The molecule has 0 atom stereocenters. The second kappa shape index (κ2) is 17.7. The summed E-state index contributed by atoms with van der Waals surface area (Å²) in [6, 6.07) is 0. The Kier molecular flexibility index (Phi) is 18.6. The molecule has 0 aromatic rings. The van der Waals surface area contributed by atoms with Gasteiger partial charge in [-0.15, -0.1) is 6.58 Å². The van der Waals surface area contributed by atoms with Crippen LogP contribution in [0.2, 0.25) is 0 Å². The largest absolute Gasteiger partial charge is 0.481 e. The Hall–Kier alpha value is -1.32. The standard InChI is InChI=1S/C12H24.C4H6O4/c1-3-5-7-9-11-12-10-8-6-4-2;5-3(6)1-2-4(7)8/h3H,1,4-12H2,2H3;1-2H2,(H,5,6)(H,7,8). The van der Waals surface area contributed by atoms with Gasteiger partial charge in [0, 0.05) is 0 Å². The monoisotopic (exact) mass is 286 g/mol. The fourth-order valence-corrected chi connectivity index (χ4v) is 1.64. The van der Waals surface area contributed by atoms with Crippen LogP contribution in [0.15, 0.2) is 12.7 Å². The highest BCUT2D eigenvalue weighted by atomic mass is 16.4. The highest BCUT2D eigenvalue weighted by Gasteiger charge is 2.00. The number of allylic oxidation sites excluding steroid dienone is 1. The van der Waals surface area contributed by atoms with Crippen molar-refractivity contribution in [2.45, 2.75) is 77.6 Å². The first-order valence-corrected chi connectivity index (χ1v) is 7.59. The molecule has 0 unspecified atom stereocenters. The van der Waals surface area contributed by atoms with Crippen LogP contribution in [0.4, 0.5) is 0 Å². The summed E-state index contributed by atoms with van der Waals surface area (Å²) in [5.74, 6) is -2.15. The highest BCUT2D eigenvalue weighted by molar-refractivity contribution is 5.75. The van der Waals surface area contributed by atoms with Gasteiger partial charge in [0.15, 0.2) is 0 Å². The van der Waals surface area contributed by atoms with Gasteiger partial charge in [0.2, 0.25) is 0 Å². The molecule has 118 valence electrons. The summed E-state index contributed by atoms with van der Waals surface area (Å²) in [5, 5.41) is 15.8. The molecule has 0 fully saturated rings. The van der Waals surface area contributed by atoms with Gasteiger partial charge in [0.25, 0.3) is 0 Å². The number of hydrogen-bond acceptors (Lipinski definition) is 2. The maximum absolute atomic E-state index is 9.64. The molecule has 20 heavy (non-hydrogen) atoms. The van der Waals surface area contributed by atoms with Crippen molar-refractivity contribution in [3.05, 3.63) is 12.7 Å². The minimum atomic E-state index is -1.08. The number of carboxylic acids is 2. The zero-order valence-electron chi connectivity index (χ0n) is 12.8. The van der Waals surface area contributed by atoms with E-state index in [1.165, 1.54) is 57.8 Å². The molecule has 0 saturated carbocycles. The summed E-state index contributed by atoms with van der Waals surface area (Å²) < 4.78 is 0. The molecule has 4 nitrogen and oxygen atoms in total. The van der Waals surface area contributed by atoms with Gasteiger partial charge in [0.1, 0.15) is 0 Å². The van der Waals surface area contributed by atoms with Crippen LogP contribution >= 0.6 is 0 Å². The van der Waals surface area contributed by atoms with Crippen molar-refractivity contribution >= 4 is 11.9 Å². The lowest BCUT2D eigenvalue weighted by Crippen LogP contribution is -2.00. The Labute approximate surface area is 122 Å². The Balaban J connectivity index is 0.